The summed E-state index contributed by atoms with van der Waals surface area (Å²) in [7, 11) is 0. The Labute approximate surface area is 168 Å². The van der Waals surface area contributed by atoms with Crippen molar-refractivity contribution in [3.8, 4) is 0 Å². The van der Waals surface area contributed by atoms with Crippen molar-refractivity contribution in [2.75, 3.05) is 0 Å². The molecule has 1 atom stereocenters. The lowest BCUT2D eigenvalue weighted by Crippen LogP contribution is -2.43. The monoisotopic (exact) mass is 386 g/mol. The second-order valence-corrected chi connectivity index (χ2v) is 7.29. The number of benzene rings is 3. The number of imide groups is 1. The van der Waals surface area contributed by atoms with Crippen molar-refractivity contribution in [1.82, 2.24) is 9.42 Å². The SMILES string of the molecule is C=C[C@@H](c1ccccc1)N(Sc1ccccc1)N1C(=O)c2ccccc2C1=O. The summed E-state index contributed by atoms with van der Waals surface area (Å²) in [5.74, 6) is -0.654. The Hall–Kier alpha value is -3.15. The zero-order chi connectivity index (χ0) is 19.5. The van der Waals surface area contributed by atoms with Gasteiger partial charge in [0.1, 0.15) is 0 Å². The van der Waals surface area contributed by atoms with E-state index in [4.69, 9.17) is 0 Å². The maximum Gasteiger partial charge on any atom is 0.277 e. The van der Waals surface area contributed by atoms with Crippen molar-refractivity contribution in [1.29, 1.82) is 0 Å². The van der Waals surface area contributed by atoms with Gasteiger partial charge in [0.2, 0.25) is 0 Å². The number of hydrogen-bond donors (Lipinski definition) is 0. The lowest BCUT2D eigenvalue weighted by atomic mass is 10.1. The summed E-state index contributed by atoms with van der Waals surface area (Å²) in [5.41, 5.74) is 1.78. The average Bonchev–Trinajstić information content (AvgIpc) is 3.00. The van der Waals surface area contributed by atoms with Crippen molar-refractivity contribution >= 4 is 23.8 Å². The molecular formula is C23H18N2O2S. The highest BCUT2D eigenvalue weighted by atomic mass is 32.2. The minimum Gasteiger partial charge on any atom is -0.267 e. The fourth-order valence-electron chi connectivity index (χ4n) is 3.17. The van der Waals surface area contributed by atoms with Gasteiger partial charge in [-0.1, -0.05) is 66.7 Å². The van der Waals surface area contributed by atoms with Crippen LogP contribution in [0.3, 0.4) is 0 Å². The Balaban J connectivity index is 1.78. The molecule has 0 unspecified atom stereocenters. The summed E-state index contributed by atoms with van der Waals surface area (Å²) in [4.78, 5) is 27.1. The lowest BCUT2D eigenvalue weighted by Gasteiger charge is -2.34. The van der Waals surface area contributed by atoms with E-state index in [1.807, 2.05) is 60.7 Å². The Morgan fingerprint density at radius 3 is 1.82 bits per heavy atom. The van der Waals surface area contributed by atoms with E-state index in [9.17, 15) is 9.59 Å². The molecule has 0 aliphatic carbocycles. The van der Waals surface area contributed by atoms with Gasteiger partial charge < -0.3 is 0 Å². The predicted molar refractivity (Wildman–Crippen MR) is 110 cm³/mol. The van der Waals surface area contributed by atoms with Crippen LogP contribution in [0.25, 0.3) is 0 Å². The second-order valence-electron chi connectivity index (χ2n) is 6.27. The summed E-state index contributed by atoms with van der Waals surface area (Å²) in [6.45, 7) is 3.97. The maximum absolute atomic E-state index is 13.1. The van der Waals surface area contributed by atoms with E-state index in [0.717, 1.165) is 10.5 Å². The molecule has 0 aromatic heterocycles. The quantitative estimate of drug-likeness (QED) is 0.334. The Morgan fingerprint density at radius 2 is 1.29 bits per heavy atom. The smallest absolute Gasteiger partial charge is 0.267 e. The highest BCUT2D eigenvalue weighted by Crippen LogP contribution is 2.38. The minimum absolute atomic E-state index is 0.327. The van der Waals surface area contributed by atoms with Gasteiger partial charge in [0.15, 0.2) is 0 Å². The molecule has 138 valence electrons. The molecule has 1 aliphatic heterocycles. The molecule has 3 aromatic carbocycles. The molecule has 3 aromatic rings. The maximum atomic E-state index is 13.1. The molecule has 5 heteroatoms. The third-order valence-corrected chi connectivity index (χ3v) is 5.57. The van der Waals surface area contributed by atoms with E-state index in [0.29, 0.717) is 11.1 Å². The number of hydrogen-bond acceptors (Lipinski definition) is 4. The number of nitrogens with zero attached hydrogens (tertiary/aromatic N) is 2. The van der Waals surface area contributed by atoms with Crippen molar-refractivity contribution in [3.63, 3.8) is 0 Å². The summed E-state index contributed by atoms with van der Waals surface area (Å²) in [6.07, 6.45) is 1.74. The molecule has 2 amide bonds. The molecular weight excluding hydrogens is 368 g/mol. The van der Waals surface area contributed by atoms with E-state index < -0.39 is 0 Å². The van der Waals surface area contributed by atoms with Crippen LogP contribution in [0.2, 0.25) is 0 Å². The van der Waals surface area contributed by atoms with E-state index in [1.54, 1.807) is 34.8 Å². The molecule has 1 aliphatic rings. The topological polar surface area (TPSA) is 40.6 Å². The van der Waals surface area contributed by atoms with Crippen LogP contribution in [0.5, 0.6) is 0 Å². The highest BCUT2D eigenvalue weighted by molar-refractivity contribution is 7.97. The summed E-state index contributed by atoms with van der Waals surface area (Å²) in [6, 6.07) is 25.9. The lowest BCUT2D eigenvalue weighted by molar-refractivity contribution is 0.0307. The first-order chi connectivity index (χ1) is 13.7. The number of carbonyl (C=O) groups excluding carboxylic acids is 2. The van der Waals surface area contributed by atoms with Gasteiger partial charge in [-0.15, -0.1) is 11.0 Å². The molecule has 0 fully saturated rings. The Bertz CT molecular complexity index is 986. The fraction of sp³-hybridized carbons (Fsp3) is 0.0435. The van der Waals surface area contributed by atoms with Gasteiger partial charge in [-0.2, -0.15) is 5.01 Å². The van der Waals surface area contributed by atoms with Gasteiger partial charge in [-0.3, -0.25) is 9.59 Å². The second kappa shape index (κ2) is 7.84. The number of carbonyl (C=O) groups is 2. The molecule has 4 nitrogen and oxygen atoms in total. The molecule has 1 heterocycles. The van der Waals surface area contributed by atoms with Gasteiger partial charge in [0, 0.05) is 4.90 Å². The first kappa shape index (κ1) is 18.2. The van der Waals surface area contributed by atoms with Crippen LogP contribution in [-0.2, 0) is 0 Å². The molecule has 28 heavy (non-hydrogen) atoms. The van der Waals surface area contributed by atoms with Crippen LogP contribution < -0.4 is 0 Å². The first-order valence-electron chi connectivity index (χ1n) is 8.88. The van der Waals surface area contributed by atoms with E-state index >= 15 is 0 Å². The number of fused-ring (bicyclic) bond motifs is 1. The summed E-state index contributed by atoms with van der Waals surface area (Å²) < 4.78 is 1.71. The van der Waals surface area contributed by atoms with E-state index in [-0.39, 0.29) is 17.9 Å². The number of hydrazine groups is 1. The van der Waals surface area contributed by atoms with Crippen LogP contribution in [0.1, 0.15) is 32.3 Å². The van der Waals surface area contributed by atoms with Crippen molar-refractivity contribution in [2.45, 2.75) is 10.9 Å². The van der Waals surface area contributed by atoms with Crippen LogP contribution >= 0.6 is 11.9 Å². The molecule has 0 bridgehead atoms. The van der Waals surface area contributed by atoms with Gasteiger partial charge in [0.05, 0.1) is 17.2 Å². The first-order valence-corrected chi connectivity index (χ1v) is 9.65. The third-order valence-electron chi connectivity index (χ3n) is 4.51. The van der Waals surface area contributed by atoms with Crippen molar-refractivity contribution < 1.29 is 9.59 Å². The zero-order valence-electron chi connectivity index (χ0n) is 15.1. The van der Waals surface area contributed by atoms with Crippen LogP contribution in [0.15, 0.2) is 102 Å². The van der Waals surface area contributed by atoms with Gasteiger partial charge in [-0.05, 0) is 41.8 Å². The van der Waals surface area contributed by atoms with E-state index in [1.165, 1.54) is 17.0 Å². The average molecular weight is 386 g/mol. The Morgan fingerprint density at radius 1 is 0.786 bits per heavy atom. The number of amides is 2. The zero-order valence-corrected chi connectivity index (χ0v) is 15.9. The normalized spacial score (nSPS) is 14.2. The van der Waals surface area contributed by atoms with Crippen molar-refractivity contribution in [3.05, 3.63) is 114 Å². The summed E-state index contributed by atoms with van der Waals surface area (Å²) >= 11 is 1.34. The van der Waals surface area contributed by atoms with Gasteiger partial charge in [0.25, 0.3) is 11.8 Å². The molecule has 0 radical (unpaired) electrons. The predicted octanol–water partition coefficient (Wildman–Crippen LogP) is 5.13. The highest BCUT2D eigenvalue weighted by Gasteiger charge is 2.42. The molecule has 0 saturated heterocycles. The van der Waals surface area contributed by atoms with Crippen LogP contribution in [-0.4, -0.2) is 21.2 Å². The van der Waals surface area contributed by atoms with E-state index in [2.05, 4.69) is 6.58 Å². The molecule has 0 saturated carbocycles. The molecule has 4 rings (SSSR count). The standard InChI is InChI=1S/C23H18N2O2S/c1-2-21(17-11-5-3-6-12-17)25(28-18-13-7-4-8-14-18)24-22(26)19-15-9-10-16-20(19)23(24)27/h2-16,21H,1H2/t21-/m0/s1. The fourth-order valence-corrected chi connectivity index (χ4v) is 4.22. The van der Waals surface area contributed by atoms with Gasteiger partial charge >= 0.3 is 0 Å². The van der Waals surface area contributed by atoms with Crippen LogP contribution in [0.4, 0.5) is 0 Å². The molecule has 0 spiro atoms. The largest absolute Gasteiger partial charge is 0.277 e. The number of rotatable bonds is 6. The van der Waals surface area contributed by atoms with Crippen molar-refractivity contribution in [2.24, 2.45) is 0 Å². The van der Waals surface area contributed by atoms with Gasteiger partial charge in [-0.25, -0.2) is 0 Å². The Kier molecular flexibility index (Phi) is 5.10. The summed E-state index contributed by atoms with van der Waals surface area (Å²) in [5, 5.41) is 1.22. The minimum atomic E-state index is -0.367. The van der Waals surface area contributed by atoms with Crippen LogP contribution in [0, 0.1) is 0 Å². The third kappa shape index (κ3) is 3.26. The molecule has 0 N–H and O–H groups in total.